The zero-order valence-corrected chi connectivity index (χ0v) is 18.7. The van der Waals surface area contributed by atoms with Crippen molar-refractivity contribution in [2.75, 3.05) is 11.9 Å². The lowest BCUT2D eigenvalue weighted by Crippen LogP contribution is -2.30. The molecule has 158 valence electrons. The zero-order valence-electron chi connectivity index (χ0n) is 17.1. The third-order valence-corrected chi connectivity index (χ3v) is 6.98. The van der Waals surface area contributed by atoms with Crippen LogP contribution < -0.4 is 10.6 Å². The van der Waals surface area contributed by atoms with Crippen LogP contribution in [0.4, 0.5) is 5.69 Å². The van der Waals surface area contributed by atoms with E-state index in [-0.39, 0.29) is 4.90 Å². The Morgan fingerprint density at radius 3 is 2.45 bits per heavy atom. The van der Waals surface area contributed by atoms with Gasteiger partial charge in [0.1, 0.15) is 0 Å². The van der Waals surface area contributed by atoms with Gasteiger partial charge in [-0.2, -0.15) is 0 Å². The van der Waals surface area contributed by atoms with E-state index in [2.05, 4.69) is 10.6 Å². The third kappa shape index (κ3) is 4.78. The fourth-order valence-corrected chi connectivity index (χ4v) is 4.92. The van der Waals surface area contributed by atoms with Crippen molar-refractivity contribution >= 4 is 43.9 Å². The molecule has 1 aromatic heterocycles. The molecule has 2 N–H and O–H groups in total. The maximum atomic E-state index is 13.1. The average Bonchev–Trinajstić information content (AvgIpc) is 3.19. The van der Waals surface area contributed by atoms with Gasteiger partial charge < -0.3 is 10.6 Å². The zero-order chi connectivity index (χ0) is 21.8. The van der Waals surface area contributed by atoms with Crippen LogP contribution in [0.15, 0.2) is 90.0 Å². The lowest BCUT2D eigenvalue weighted by atomic mass is 10.1. The fraction of sp³-hybridized carbons (Fsp3) is 0.125. The Balaban J connectivity index is 1.48. The second-order valence-corrected chi connectivity index (χ2v) is 9.54. The Morgan fingerprint density at radius 2 is 1.71 bits per heavy atom. The second-order valence-electron chi connectivity index (χ2n) is 7.32. The first kappa shape index (κ1) is 21.1. The molecule has 0 saturated carbocycles. The third-order valence-electron chi connectivity index (χ3n) is 5.03. The fourth-order valence-electron chi connectivity index (χ4n) is 3.36. The molecular weight excluding hydrogens is 426 g/mol. The first-order valence-electron chi connectivity index (χ1n) is 9.96. The maximum Gasteiger partial charge on any atom is 0.268 e. The van der Waals surface area contributed by atoms with E-state index < -0.39 is 10.0 Å². The molecule has 0 amide bonds. The number of thiocarbonyl (C=S) groups is 1. The van der Waals surface area contributed by atoms with E-state index in [1.807, 2.05) is 73.7 Å². The molecule has 3 aromatic carbocycles. The van der Waals surface area contributed by atoms with E-state index >= 15 is 0 Å². The smallest absolute Gasteiger partial charge is 0.268 e. The minimum Gasteiger partial charge on any atom is -0.362 e. The number of anilines is 1. The molecule has 7 heteroatoms. The number of para-hydroxylation sites is 1. The van der Waals surface area contributed by atoms with Crippen LogP contribution in [-0.4, -0.2) is 24.0 Å². The van der Waals surface area contributed by atoms with Gasteiger partial charge in [-0.3, -0.25) is 0 Å². The van der Waals surface area contributed by atoms with Gasteiger partial charge in [0.15, 0.2) is 5.11 Å². The van der Waals surface area contributed by atoms with Crippen molar-refractivity contribution in [1.29, 1.82) is 0 Å². The standard InChI is InChI=1S/C24H23N3O2S2/c1-18-7-11-22(12-8-18)31(28,29)27-16-14-20-10-9-19(17-23(20)27)13-15-25-24(30)26-21-5-3-2-4-6-21/h2-12,14,16-17H,13,15H2,1H3,(H2,25,26,30). The van der Waals surface area contributed by atoms with Gasteiger partial charge in [0, 0.05) is 23.8 Å². The van der Waals surface area contributed by atoms with E-state index in [1.165, 1.54) is 3.97 Å². The number of hydrogen-bond acceptors (Lipinski definition) is 3. The largest absolute Gasteiger partial charge is 0.362 e. The van der Waals surface area contributed by atoms with Crippen LogP contribution in [-0.2, 0) is 16.4 Å². The molecule has 0 saturated heterocycles. The van der Waals surface area contributed by atoms with E-state index in [4.69, 9.17) is 12.2 Å². The summed E-state index contributed by atoms with van der Waals surface area (Å²) in [7, 11) is -3.65. The first-order valence-corrected chi connectivity index (χ1v) is 11.8. The lowest BCUT2D eigenvalue weighted by molar-refractivity contribution is 0.589. The van der Waals surface area contributed by atoms with Gasteiger partial charge in [-0.15, -0.1) is 0 Å². The molecule has 0 spiro atoms. The van der Waals surface area contributed by atoms with Crippen molar-refractivity contribution in [3.63, 3.8) is 0 Å². The molecule has 0 aliphatic carbocycles. The highest BCUT2D eigenvalue weighted by molar-refractivity contribution is 7.90. The summed E-state index contributed by atoms with van der Waals surface area (Å²) in [6.45, 7) is 2.57. The quantitative estimate of drug-likeness (QED) is 0.417. The Kier molecular flexibility index (Phi) is 6.06. The van der Waals surface area contributed by atoms with E-state index in [0.29, 0.717) is 23.6 Å². The Hall–Kier alpha value is -3.16. The summed E-state index contributed by atoms with van der Waals surface area (Å²) in [4.78, 5) is 0.278. The molecule has 0 atom stereocenters. The molecule has 4 rings (SSSR count). The molecule has 4 aromatic rings. The minimum absolute atomic E-state index is 0.278. The molecule has 1 heterocycles. The van der Waals surface area contributed by atoms with Gasteiger partial charge in [-0.05, 0) is 67.5 Å². The van der Waals surface area contributed by atoms with Crippen LogP contribution in [0.5, 0.6) is 0 Å². The highest BCUT2D eigenvalue weighted by Crippen LogP contribution is 2.23. The number of aromatic nitrogens is 1. The summed E-state index contributed by atoms with van der Waals surface area (Å²) in [5, 5.41) is 7.77. The van der Waals surface area contributed by atoms with Gasteiger partial charge in [0.2, 0.25) is 0 Å². The van der Waals surface area contributed by atoms with Crippen molar-refractivity contribution in [3.05, 3.63) is 96.2 Å². The van der Waals surface area contributed by atoms with Crippen molar-refractivity contribution in [2.24, 2.45) is 0 Å². The molecule has 0 radical (unpaired) electrons. The van der Waals surface area contributed by atoms with E-state index in [1.54, 1.807) is 18.3 Å². The summed E-state index contributed by atoms with van der Waals surface area (Å²) >= 11 is 5.34. The number of fused-ring (bicyclic) bond motifs is 1. The number of nitrogens with one attached hydrogen (secondary N) is 2. The number of hydrogen-bond donors (Lipinski definition) is 2. The van der Waals surface area contributed by atoms with Crippen molar-refractivity contribution in [2.45, 2.75) is 18.2 Å². The topological polar surface area (TPSA) is 63.1 Å². The molecule has 5 nitrogen and oxygen atoms in total. The molecule has 0 fully saturated rings. The van der Waals surface area contributed by atoms with Crippen LogP contribution in [0.25, 0.3) is 10.9 Å². The number of benzene rings is 3. The molecule has 31 heavy (non-hydrogen) atoms. The summed E-state index contributed by atoms with van der Waals surface area (Å²) in [5.41, 5.74) is 3.65. The summed E-state index contributed by atoms with van der Waals surface area (Å²) in [6, 6.07) is 24.4. The number of aryl methyl sites for hydroxylation is 1. The minimum atomic E-state index is -3.65. The van der Waals surface area contributed by atoms with Crippen LogP contribution in [0, 0.1) is 6.92 Å². The SMILES string of the molecule is Cc1ccc(S(=O)(=O)n2ccc3ccc(CCNC(=S)Nc4ccccc4)cc32)cc1. The number of rotatable bonds is 6. The highest BCUT2D eigenvalue weighted by atomic mass is 32.2. The first-order chi connectivity index (χ1) is 14.9. The molecule has 0 bridgehead atoms. The van der Waals surface area contributed by atoms with Crippen LogP contribution in [0.1, 0.15) is 11.1 Å². The molecule has 0 aliphatic rings. The van der Waals surface area contributed by atoms with Gasteiger partial charge >= 0.3 is 0 Å². The van der Waals surface area contributed by atoms with Crippen molar-refractivity contribution in [1.82, 2.24) is 9.29 Å². The van der Waals surface area contributed by atoms with Crippen LogP contribution in [0.2, 0.25) is 0 Å². The van der Waals surface area contributed by atoms with Gasteiger partial charge in [-0.25, -0.2) is 12.4 Å². The van der Waals surface area contributed by atoms with E-state index in [9.17, 15) is 8.42 Å². The lowest BCUT2D eigenvalue weighted by Gasteiger charge is -2.11. The Labute approximate surface area is 187 Å². The normalized spacial score (nSPS) is 11.4. The molecule has 0 unspecified atom stereocenters. The summed E-state index contributed by atoms with van der Waals surface area (Å²) in [5.74, 6) is 0. The maximum absolute atomic E-state index is 13.1. The Bertz CT molecular complexity index is 1310. The van der Waals surface area contributed by atoms with Gasteiger partial charge in [-0.1, -0.05) is 48.0 Å². The second kappa shape index (κ2) is 8.91. The predicted molar refractivity (Wildman–Crippen MR) is 130 cm³/mol. The Morgan fingerprint density at radius 1 is 0.968 bits per heavy atom. The predicted octanol–water partition coefficient (Wildman–Crippen LogP) is 4.72. The van der Waals surface area contributed by atoms with E-state index in [0.717, 1.165) is 22.2 Å². The molecular formula is C24H23N3O2S2. The van der Waals surface area contributed by atoms with Crippen LogP contribution >= 0.6 is 12.2 Å². The van der Waals surface area contributed by atoms with Gasteiger partial charge in [0.25, 0.3) is 10.0 Å². The summed E-state index contributed by atoms with van der Waals surface area (Å²) in [6.07, 6.45) is 2.32. The van der Waals surface area contributed by atoms with Crippen LogP contribution in [0.3, 0.4) is 0 Å². The van der Waals surface area contributed by atoms with Gasteiger partial charge in [0.05, 0.1) is 10.4 Å². The van der Waals surface area contributed by atoms with Crippen molar-refractivity contribution < 1.29 is 8.42 Å². The molecule has 0 aliphatic heterocycles. The monoisotopic (exact) mass is 449 g/mol. The highest BCUT2D eigenvalue weighted by Gasteiger charge is 2.18. The summed E-state index contributed by atoms with van der Waals surface area (Å²) < 4.78 is 27.6. The average molecular weight is 450 g/mol. The number of nitrogens with zero attached hydrogens (tertiary/aromatic N) is 1. The van der Waals surface area contributed by atoms with Crippen molar-refractivity contribution in [3.8, 4) is 0 Å².